The molecule has 108 valence electrons. The first-order valence-corrected chi connectivity index (χ1v) is 7.94. The van der Waals surface area contributed by atoms with Crippen LogP contribution in [0.5, 0.6) is 0 Å². The number of hydrogen-bond acceptors (Lipinski definition) is 4. The van der Waals surface area contributed by atoms with Crippen molar-refractivity contribution >= 4 is 44.2 Å². The highest BCUT2D eigenvalue weighted by Crippen LogP contribution is 2.28. The molecule has 0 atom stereocenters. The van der Waals surface area contributed by atoms with E-state index in [2.05, 4.69) is 10.3 Å². The molecule has 0 radical (unpaired) electrons. The van der Waals surface area contributed by atoms with Crippen molar-refractivity contribution < 1.29 is 4.79 Å². The highest BCUT2D eigenvalue weighted by Gasteiger charge is 2.07. The summed E-state index contributed by atoms with van der Waals surface area (Å²) in [6, 6.07) is 5.51. The molecule has 0 spiro atoms. The minimum Gasteiger partial charge on any atom is -0.330 e. The van der Waals surface area contributed by atoms with Crippen molar-refractivity contribution in [2.45, 2.75) is 32.1 Å². The second kappa shape index (κ2) is 7.57. The summed E-state index contributed by atoms with van der Waals surface area (Å²) in [6.07, 6.45) is 4.58. The van der Waals surface area contributed by atoms with Crippen LogP contribution in [0.4, 0.5) is 5.13 Å². The van der Waals surface area contributed by atoms with Gasteiger partial charge >= 0.3 is 0 Å². The summed E-state index contributed by atoms with van der Waals surface area (Å²) in [4.78, 5) is 16.2. The van der Waals surface area contributed by atoms with Gasteiger partial charge in [0.1, 0.15) is 0 Å². The van der Waals surface area contributed by atoms with Crippen LogP contribution in [0, 0.1) is 0 Å². The number of rotatable bonds is 7. The molecule has 1 amide bonds. The first kappa shape index (κ1) is 15.2. The Morgan fingerprint density at radius 2 is 2.10 bits per heavy atom. The summed E-state index contributed by atoms with van der Waals surface area (Å²) < 4.78 is 0.982. The molecule has 1 heterocycles. The molecule has 0 aliphatic carbocycles. The van der Waals surface area contributed by atoms with Crippen LogP contribution >= 0.6 is 22.9 Å². The zero-order chi connectivity index (χ0) is 14.4. The molecule has 2 rings (SSSR count). The fraction of sp³-hybridized carbons (Fsp3) is 0.429. The lowest BCUT2D eigenvalue weighted by molar-refractivity contribution is -0.116. The van der Waals surface area contributed by atoms with Crippen molar-refractivity contribution in [1.82, 2.24) is 4.98 Å². The van der Waals surface area contributed by atoms with Gasteiger partial charge in [-0.1, -0.05) is 35.8 Å². The number of halogens is 1. The summed E-state index contributed by atoms with van der Waals surface area (Å²) in [5.41, 5.74) is 6.28. The maximum absolute atomic E-state index is 11.8. The Bertz CT molecular complexity index is 585. The van der Waals surface area contributed by atoms with Crippen LogP contribution in [0.2, 0.25) is 5.02 Å². The average molecular weight is 312 g/mol. The van der Waals surface area contributed by atoms with E-state index in [1.165, 1.54) is 11.3 Å². The summed E-state index contributed by atoms with van der Waals surface area (Å²) >= 11 is 7.37. The molecule has 2 aromatic rings. The summed E-state index contributed by atoms with van der Waals surface area (Å²) in [6.45, 7) is 0.723. The number of nitrogens with two attached hydrogens (primary N) is 1. The van der Waals surface area contributed by atoms with Crippen LogP contribution < -0.4 is 11.1 Å². The standard InChI is InChI=1S/C14H18ClN3OS/c15-10-6-7-11-12(9-10)20-14(17-11)18-13(19)5-3-1-2-4-8-16/h6-7,9H,1-5,8,16H2,(H,17,18,19). The summed E-state index contributed by atoms with van der Waals surface area (Å²) in [7, 11) is 0. The molecule has 1 aromatic carbocycles. The van der Waals surface area contributed by atoms with Gasteiger partial charge < -0.3 is 11.1 Å². The molecule has 0 saturated carbocycles. The van der Waals surface area contributed by atoms with Crippen molar-refractivity contribution in [1.29, 1.82) is 0 Å². The van der Waals surface area contributed by atoms with Crippen molar-refractivity contribution in [2.75, 3.05) is 11.9 Å². The fourth-order valence-corrected chi connectivity index (χ4v) is 3.08. The fourth-order valence-electron chi connectivity index (χ4n) is 1.92. The Hall–Kier alpha value is -1.17. The van der Waals surface area contributed by atoms with E-state index in [1.54, 1.807) is 6.07 Å². The molecule has 3 N–H and O–H groups in total. The van der Waals surface area contributed by atoms with E-state index < -0.39 is 0 Å². The molecule has 0 aliphatic rings. The molecule has 4 nitrogen and oxygen atoms in total. The minimum atomic E-state index is 0.0166. The molecule has 1 aromatic heterocycles. The third-order valence-electron chi connectivity index (χ3n) is 2.95. The number of fused-ring (bicyclic) bond motifs is 1. The number of thiazole rings is 1. The Kier molecular flexibility index (Phi) is 5.76. The van der Waals surface area contributed by atoms with Crippen LogP contribution in [0.3, 0.4) is 0 Å². The zero-order valence-corrected chi connectivity index (χ0v) is 12.8. The number of nitrogens with zero attached hydrogens (tertiary/aromatic N) is 1. The largest absolute Gasteiger partial charge is 0.330 e. The number of nitrogens with one attached hydrogen (secondary N) is 1. The molecule has 20 heavy (non-hydrogen) atoms. The van der Waals surface area contributed by atoms with E-state index in [0.717, 1.165) is 42.4 Å². The van der Waals surface area contributed by atoms with Gasteiger partial charge in [-0.2, -0.15) is 0 Å². The molecule has 0 unspecified atom stereocenters. The molecule has 0 saturated heterocycles. The van der Waals surface area contributed by atoms with E-state index in [9.17, 15) is 4.79 Å². The SMILES string of the molecule is NCCCCCCC(=O)Nc1nc2ccc(Cl)cc2s1. The number of unbranched alkanes of at least 4 members (excludes halogenated alkanes) is 3. The molecular weight excluding hydrogens is 294 g/mol. The molecule has 0 fully saturated rings. The molecule has 0 bridgehead atoms. The van der Waals surface area contributed by atoms with E-state index >= 15 is 0 Å². The minimum absolute atomic E-state index is 0.0166. The lowest BCUT2D eigenvalue weighted by atomic mass is 10.1. The first-order valence-electron chi connectivity index (χ1n) is 6.75. The number of carbonyl (C=O) groups is 1. The number of hydrogen-bond donors (Lipinski definition) is 2. The average Bonchev–Trinajstić information content (AvgIpc) is 2.79. The monoisotopic (exact) mass is 311 g/mol. The number of anilines is 1. The maximum atomic E-state index is 11.8. The second-order valence-electron chi connectivity index (χ2n) is 4.63. The number of benzene rings is 1. The molecular formula is C14H18ClN3OS. The second-order valence-corrected chi connectivity index (χ2v) is 6.10. The van der Waals surface area contributed by atoms with Gasteiger partial charge in [-0.3, -0.25) is 4.79 Å². The number of carbonyl (C=O) groups excluding carboxylic acids is 1. The van der Waals surface area contributed by atoms with Gasteiger partial charge in [0, 0.05) is 11.4 Å². The maximum Gasteiger partial charge on any atom is 0.226 e. The van der Waals surface area contributed by atoms with E-state index in [-0.39, 0.29) is 5.91 Å². The van der Waals surface area contributed by atoms with Gasteiger partial charge in [-0.25, -0.2) is 4.98 Å². The van der Waals surface area contributed by atoms with Gasteiger partial charge in [0.05, 0.1) is 10.2 Å². The highest BCUT2D eigenvalue weighted by atomic mass is 35.5. The Labute approximate surface area is 127 Å². The summed E-state index contributed by atoms with van der Waals surface area (Å²) in [5, 5.41) is 4.16. The van der Waals surface area contributed by atoms with Crippen LogP contribution in [0.1, 0.15) is 32.1 Å². The van der Waals surface area contributed by atoms with E-state index in [4.69, 9.17) is 17.3 Å². The van der Waals surface area contributed by atoms with Gasteiger partial charge in [-0.05, 0) is 37.6 Å². The van der Waals surface area contributed by atoms with Gasteiger partial charge in [0.25, 0.3) is 0 Å². The smallest absolute Gasteiger partial charge is 0.226 e. The lowest BCUT2D eigenvalue weighted by Gasteiger charge is -2.01. The quantitative estimate of drug-likeness (QED) is 0.764. The first-order chi connectivity index (χ1) is 9.69. The van der Waals surface area contributed by atoms with E-state index in [0.29, 0.717) is 16.6 Å². The van der Waals surface area contributed by atoms with Crippen LogP contribution in [-0.4, -0.2) is 17.4 Å². The van der Waals surface area contributed by atoms with Crippen LogP contribution in [0.25, 0.3) is 10.2 Å². The lowest BCUT2D eigenvalue weighted by Crippen LogP contribution is -2.10. The number of aromatic nitrogens is 1. The Morgan fingerprint density at radius 3 is 2.90 bits per heavy atom. The predicted molar refractivity (Wildman–Crippen MR) is 85.4 cm³/mol. The Morgan fingerprint density at radius 1 is 1.30 bits per heavy atom. The van der Waals surface area contributed by atoms with Gasteiger partial charge in [-0.15, -0.1) is 0 Å². The van der Waals surface area contributed by atoms with Gasteiger partial charge in [0.2, 0.25) is 5.91 Å². The van der Waals surface area contributed by atoms with Crippen molar-refractivity contribution in [3.05, 3.63) is 23.2 Å². The highest BCUT2D eigenvalue weighted by molar-refractivity contribution is 7.22. The summed E-state index contributed by atoms with van der Waals surface area (Å²) in [5.74, 6) is 0.0166. The topological polar surface area (TPSA) is 68.0 Å². The number of amides is 1. The van der Waals surface area contributed by atoms with Crippen LogP contribution in [-0.2, 0) is 4.79 Å². The third kappa shape index (κ3) is 4.44. The Balaban J connectivity index is 1.83. The normalized spacial score (nSPS) is 10.9. The predicted octanol–water partition coefficient (Wildman–Crippen LogP) is 3.80. The van der Waals surface area contributed by atoms with Crippen molar-refractivity contribution in [3.63, 3.8) is 0 Å². The zero-order valence-electron chi connectivity index (χ0n) is 11.2. The van der Waals surface area contributed by atoms with E-state index in [1.807, 2.05) is 12.1 Å². The van der Waals surface area contributed by atoms with Crippen molar-refractivity contribution in [2.24, 2.45) is 5.73 Å². The molecule has 6 heteroatoms. The van der Waals surface area contributed by atoms with Gasteiger partial charge in [0.15, 0.2) is 5.13 Å². The third-order valence-corrected chi connectivity index (χ3v) is 4.12. The van der Waals surface area contributed by atoms with Crippen LogP contribution in [0.15, 0.2) is 18.2 Å². The van der Waals surface area contributed by atoms with Crippen molar-refractivity contribution in [3.8, 4) is 0 Å². The molecule has 0 aliphatic heterocycles.